The lowest BCUT2D eigenvalue weighted by Gasteiger charge is -2.30. The Morgan fingerprint density at radius 1 is 1.20 bits per heavy atom. The number of anilines is 1. The van der Waals surface area contributed by atoms with Crippen LogP contribution in [0.3, 0.4) is 0 Å². The smallest absolute Gasteiger partial charge is 0.236 e. The molecule has 10 heteroatoms. The lowest BCUT2D eigenvalue weighted by molar-refractivity contribution is -0.269. The summed E-state index contributed by atoms with van der Waals surface area (Å²) in [6.07, 6.45) is 2.57. The van der Waals surface area contributed by atoms with Gasteiger partial charge in [0.2, 0.25) is 10.0 Å². The molecule has 0 atom stereocenters. The SMILES string of the molecule is O=S1(=O)CCCCN1c1nc(C([O-])=NCc2ccc(F)cc2)c([O-])c2ncccc12. The predicted octanol–water partition coefficient (Wildman–Crippen LogP) is 1.08. The third kappa shape index (κ3) is 3.78. The van der Waals surface area contributed by atoms with Crippen LogP contribution in [0.15, 0.2) is 47.6 Å². The van der Waals surface area contributed by atoms with E-state index in [9.17, 15) is 23.0 Å². The monoisotopic (exact) mass is 428 g/mol. The number of pyridine rings is 2. The molecular formula is C20H17FN4O4S-2. The molecule has 1 fully saturated rings. The summed E-state index contributed by atoms with van der Waals surface area (Å²) in [5.41, 5.74) is 0.0534. The fourth-order valence-corrected chi connectivity index (χ4v) is 4.88. The van der Waals surface area contributed by atoms with Crippen LogP contribution in [0.1, 0.15) is 24.1 Å². The van der Waals surface area contributed by atoms with E-state index in [0.717, 1.165) is 4.31 Å². The van der Waals surface area contributed by atoms with Gasteiger partial charge in [0.15, 0.2) is 5.82 Å². The third-order valence-electron chi connectivity index (χ3n) is 4.80. The van der Waals surface area contributed by atoms with Crippen LogP contribution in [0.4, 0.5) is 10.2 Å². The van der Waals surface area contributed by atoms with E-state index in [1.165, 1.54) is 30.5 Å². The highest BCUT2D eigenvalue weighted by molar-refractivity contribution is 7.92. The molecule has 3 aromatic rings. The minimum Gasteiger partial charge on any atom is -0.870 e. The van der Waals surface area contributed by atoms with E-state index >= 15 is 0 Å². The van der Waals surface area contributed by atoms with Crippen molar-refractivity contribution in [1.29, 1.82) is 0 Å². The Kier molecular flexibility index (Phi) is 5.25. The quantitative estimate of drug-likeness (QED) is 0.453. The first-order valence-corrected chi connectivity index (χ1v) is 10.9. The van der Waals surface area contributed by atoms with E-state index in [4.69, 9.17) is 0 Å². The van der Waals surface area contributed by atoms with E-state index in [-0.39, 0.29) is 35.6 Å². The number of hydrogen-bond donors (Lipinski definition) is 0. The van der Waals surface area contributed by atoms with Crippen LogP contribution in [0, 0.1) is 5.82 Å². The van der Waals surface area contributed by atoms with Crippen molar-refractivity contribution in [3.63, 3.8) is 0 Å². The number of rotatable bonds is 4. The number of sulfonamides is 1. The van der Waals surface area contributed by atoms with Crippen molar-refractivity contribution in [2.75, 3.05) is 16.6 Å². The van der Waals surface area contributed by atoms with Crippen molar-refractivity contribution in [2.45, 2.75) is 19.4 Å². The fraction of sp³-hybridized carbons (Fsp3) is 0.250. The minimum absolute atomic E-state index is 0.0118. The highest BCUT2D eigenvalue weighted by Crippen LogP contribution is 2.33. The Balaban J connectivity index is 1.81. The molecule has 1 aliphatic heterocycles. The number of fused-ring (bicyclic) bond motifs is 1. The summed E-state index contributed by atoms with van der Waals surface area (Å²) in [4.78, 5) is 12.0. The van der Waals surface area contributed by atoms with Gasteiger partial charge in [0, 0.05) is 24.0 Å². The number of nitrogens with zero attached hydrogens (tertiary/aromatic N) is 4. The summed E-state index contributed by atoms with van der Waals surface area (Å²) >= 11 is 0. The normalized spacial score (nSPS) is 16.7. The van der Waals surface area contributed by atoms with Gasteiger partial charge in [-0.05, 0) is 42.7 Å². The fourth-order valence-electron chi connectivity index (χ4n) is 3.29. The van der Waals surface area contributed by atoms with Gasteiger partial charge in [-0.15, -0.1) is 0 Å². The van der Waals surface area contributed by atoms with Gasteiger partial charge >= 0.3 is 0 Å². The second-order valence-electron chi connectivity index (χ2n) is 6.86. The number of halogens is 1. The van der Waals surface area contributed by atoms with Crippen LogP contribution < -0.4 is 14.5 Å². The van der Waals surface area contributed by atoms with Crippen molar-refractivity contribution in [3.05, 3.63) is 59.7 Å². The van der Waals surface area contributed by atoms with Crippen LogP contribution >= 0.6 is 0 Å². The molecule has 30 heavy (non-hydrogen) atoms. The maximum Gasteiger partial charge on any atom is 0.236 e. The summed E-state index contributed by atoms with van der Waals surface area (Å²) in [6, 6.07) is 8.57. The Bertz CT molecular complexity index is 1230. The van der Waals surface area contributed by atoms with E-state index in [0.29, 0.717) is 18.4 Å². The molecule has 0 unspecified atom stereocenters. The first-order valence-electron chi connectivity index (χ1n) is 9.29. The van der Waals surface area contributed by atoms with Gasteiger partial charge in [0.05, 0.1) is 23.5 Å². The molecule has 4 rings (SSSR count). The van der Waals surface area contributed by atoms with Crippen molar-refractivity contribution < 1.29 is 23.0 Å². The van der Waals surface area contributed by atoms with E-state index in [1.807, 2.05) is 0 Å². The molecule has 1 aromatic carbocycles. The molecular weight excluding hydrogens is 411 g/mol. The second kappa shape index (κ2) is 7.86. The van der Waals surface area contributed by atoms with Crippen LogP contribution in [0.5, 0.6) is 5.75 Å². The Labute approximate surface area is 172 Å². The van der Waals surface area contributed by atoms with Crippen LogP contribution in [-0.2, 0) is 16.6 Å². The Morgan fingerprint density at radius 3 is 2.70 bits per heavy atom. The van der Waals surface area contributed by atoms with Crippen molar-refractivity contribution >= 4 is 32.6 Å². The maximum atomic E-state index is 13.0. The summed E-state index contributed by atoms with van der Waals surface area (Å²) < 4.78 is 39.3. The third-order valence-corrected chi connectivity index (χ3v) is 6.63. The minimum atomic E-state index is -3.62. The molecule has 0 saturated carbocycles. The van der Waals surface area contributed by atoms with Crippen molar-refractivity contribution in [3.8, 4) is 5.75 Å². The van der Waals surface area contributed by atoms with E-state index in [1.54, 1.807) is 12.1 Å². The molecule has 0 aliphatic carbocycles. The lowest BCUT2D eigenvalue weighted by Crippen LogP contribution is -2.39. The molecule has 8 nitrogen and oxygen atoms in total. The van der Waals surface area contributed by atoms with Gasteiger partial charge in [-0.25, -0.2) is 17.8 Å². The average molecular weight is 428 g/mol. The molecule has 0 amide bonds. The first-order chi connectivity index (χ1) is 14.4. The summed E-state index contributed by atoms with van der Waals surface area (Å²) in [7, 11) is -3.62. The molecule has 0 N–H and O–H groups in total. The average Bonchev–Trinajstić information content (AvgIpc) is 2.74. The molecule has 1 aliphatic rings. The second-order valence-corrected chi connectivity index (χ2v) is 8.87. The molecule has 1 saturated heterocycles. The van der Waals surface area contributed by atoms with Crippen LogP contribution in [0.2, 0.25) is 0 Å². The zero-order chi connectivity index (χ0) is 21.3. The Morgan fingerprint density at radius 2 is 1.97 bits per heavy atom. The van der Waals surface area contributed by atoms with Gasteiger partial charge in [-0.1, -0.05) is 17.9 Å². The van der Waals surface area contributed by atoms with Crippen LogP contribution in [0.25, 0.3) is 10.9 Å². The maximum absolute atomic E-state index is 13.0. The molecule has 0 radical (unpaired) electrons. The topological polar surface area (TPSA) is 122 Å². The highest BCUT2D eigenvalue weighted by atomic mass is 32.2. The number of hydrogen-bond acceptors (Lipinski definition) is 7. The van der Waals surface area contributed by atoms with Crippen molar-refractivity contribution in [1.82, 2.24) is 9.97 Å². The standard InChI is InChI=1S/C20H19FN4O4S/c21-14-7-5-13(6-8-14)12-23-20(27)17-18(26)16-15(4-3-9-22-16)19(24-17)25-10-1-2-11-30(25,28)29/h3-9,26H,1-2,10-12H2,(H,23,27)/p-2. The number of aromatic nitrogens is 2. The first kappa shape index (κ1) is 20.0. The van der Waals surface area contributed by atoms with Gasteiger partial charge in [-0.2, -0.15) is 0 Å². The largest absolute Gasteiger partial charge is 0.870 e. The van der Waals surface area contributed by atoms with Gasteiger partial charge in [0.25, 0.3) is 0 Å². The lowest BCUT2D eigenvalue weighted by atomic mass is 10.2. The molecule has 0 spiro atoms. The van der Waals surface area contributed by atoms with Gasteiger partial charge < -0.3 is 10.2 Å². The number of benzene rings is 1. The molecule has 2 aromatic heterocycles. The summed E-state index contributed by atoms with van der Waals surface area (Å²) in [6.45, 7) is 0.135. The van der Waals surface area contributed by atoms with Crippen LogP contribution in [-0.4, -0.2) is 36.6 Å². The Hall–Kier alpha value is -3.27. The van der Waals surface area contributed by atoms with Crippen molar-refractivity contribution in [2.24, 2.45) is 4.99 Å². The molecule has 156 valence electrons. The number of aliphatic imine (C=N–C) groups is 1. The summed E-state index contributed by atoms with van der Waals surface area (Å²) in [5.74, 6) is -2.03. The van der Waals surface area contributed by atoms with Gasteiger partial charge in [0.1, 0.15) is 5.82 Å². The highest BCUT2D eigenvalue weighted by Gasteiger charge is 2.29. The zero-order valence-electron chi connectivity index (χ0n) is 15.8. The zero-order valence-corrected chi connectivity index (χ0v) is 16.6. The predicted molar refractivity (Wildman–Crippen MR) is 106 cm³/mol. The van der Waals surface area contributed by atoms with E-state index in [2.05, 4.69) is 15.0 Å². The summed E-state index contributed by atoms with van der Waals surface area (Å²) in [5, 5.41) is 25.7. The molecule has 3 heterocycles. The van der Waals surface area contributed by atoms with Gasteiger partial charge in [-0.3, -0.25) is 14.3 Å². The van der Waals surface area contributed by atoms with E-state index < -0.39 is 33.2 Å². The molecule has 0 bridgehead atoms.